The first kappa shape index (κ1) is 33.7. The van der Waals surface area contributed by atoms with Crippen molar-refractivity contribution in [2.45, 2.75) is 32.3 Å². The topological polar surface area (TPSA) is 223 Å². The van der Waals surface area contributed by atoms with Gasteiger partial charge in [-0.05, 0) is 0 Å². The van der Waals surface area contributed by atoms with Gasteiger partial charge < -0.3 is 45.1 Å². The molecule has 0 saturated carbocycles. The van der Waals surface area contributed by atoms with E-state index in [9.17, 15) is 54.2 Å². The second-order valence-electron chi connectivity index (χ2n) is 8.37. The quantitative estimate of drug-likeness (QED) is 0.102. The van der Waals surface area contributed by atoms with E-state index in [2.05, 4.69) is 0 Å². The minimum atomic E-state index is -4.69. The molecule has 1 unspecified atom stereocenters. The van der Waals surface area contributed by atoms with E-state index in [-0.39, 0.29) is 70.5 Å². The van der Waals surface area contributed by atoms with Gasteiger partial charge in [0, 0.05) is 47.9 Å². The Hall–Kier alpha value is -1.34. The Balaban J connectivity index is 0.00000684. The van der Waals surface area contributed by atoms with Crippen molar-refractivity contribution < 1.29 is 71.3 Å². The molecule has 0 fully saturated rings. The van der Waals surface area contributed by atoms with Crippen LogP contribution in [0.5, 0.6) is 11.5 Å². The molecule has 0 aliphatic carbocycles. The van der Waals surface area contributed by atoms with E-state index in [0.717, 1.165) is 0 Å². The zero-order valence-electron chi connectivity index (χ0n) is 19.7. The third kappa shape index (κ3) is 10.7. The number of aromatic hydroxyl groups is 2. The summed E-state index contributed by atoms with van der Waals surface area (Å²) >= 11 is 0. The van der Waals surface area contributed by atoms with Crippen LogP contribution in [0.3, 0.4) is 0 Å². The minimum Gasteiger partial charge on any atom is -0.507 e. The smallest absolute Gasteiger partial charge is 0.507 e. The third-order valence-corrected chi connectivity index (χ3v) is 6.96. The molecule has 16 heteroatoms. The molecule has 0 spiro atoms. The molecular formula is C21H32FeN2O11P2+2. The number of nitrogens with zero attached hydrogens (tertiary/aromatic N) is 2. The van der Waals surface area contributed by atoms with E-state index >= 15 is 0 Å². The number of para-hydroxylation sites is 2. The summed E-state index contributed by atoms with van der Waals surface area (Å²) in [6.45, 7) is -2.37. The summed E-state index contributed by atoms with van der Waals surface area (Å²) in [5.41, 5.74) is 0.834. The Kier molecular flexibility index (Phi) is 13.4. The van der Waals surface area contributed by atoms with Crippen molar-refractivity contribution in [3.8, 4) is 11.5 Å². The van der Waals surface area contributed by atoms with Crippen molar-refractivity contribution in [1.29, 1.82) is 0 Å². The first-order chi connectivity index (χ1) is 16.8. The Bertz CT molecular complexity index is 1110. The Morgan fingerprint density at radius 3 is 1.54 bits per heavy atom. The number of aliphatic hydroxyl groups is 3. The molecule has 1 atom stereocenters. The van der Waals surface area contributed by atoms with Crippen molar-refractivity contribution in [3.63, 3.8) is 0 Å². The summed E-state index contributed by atoms with van der Waals surface area (Å²) < 4.78 is 23.7. The molecule has 37 heavy (non-hydrogen) atoms. The van der Waals surface area contributed by atoms with Crippen molar-refractivity contribution in [1.82, 2.24) is 9.80 Å². The van der Waals surface area contributed by atoms with Gasteiger partial charge in [0.05, 0.1) is 19.8 Å². The van der Waals surface area contributed by atoms with E-state index in [1.54, 1.807) is 0 Å². The molecule has 13 nitrogen and oxygen atoms in total. The number of aliphatic hydroxyl groups excluding tert-OH is 3. The van der Waals surface area contributed by atoms with Crippen LogP contribution in [0, 0.1) is 0 Å². The molecule has 0 aliphatic rings. The van der Waals surface area contributed by atoms with Gasteiger partial charge in [-0.1, -0.05) is 36.4 Å². The fraction of sp³-hybridized carbons (Fsp3) is 0.429. The zero-order chi connectivity index (χ0) is 27.1. The molecular weight excluding hydrogens is 574 g/mol. The van der Waals surface area contributed by atoms with E-state index in [0.29, 0.717) is 0 Å². The normalized spacial score (nSPS) is 13.1. The monoisotopic (exact) mass is 606 g/mol. The summed E-state index contributed by atoms with van der Waals surface area (Å²) in [6.07, 6.45) is -1.63. The standard InChI is InChI=1S/C21H32N2O11P2.Fe/c24-10-17-5-1-3-15(20(17)27)7-22(13-35(29,30)31)9-19(12-26)23(14-36(32,33)34)8-16-4-2-6-18(11-25)21(16)28;/h1-6,19,24-28H,7-14H2,(H2,29,30,31)(H2,32,33,34);/q;+2. The van der Waals surface area contributed by atoms with Gasteiger partial charge in [0.15, 0.2) is 0 Å². The molecule has 2 rings (SSSR count). The van der Waals surface area contributed by atoms with Crippen LogP contribution in [0.15, 0.2) is 36.4 Å². The van der Waals surface area contributed by atoms with Gasteiger partial charge in [0.25, 0.3) is 0 Å². The molecule has 0 aliphatic heterocycles. The molecule has 2 aromatic carbocycles. The maximum absolute atomic E-state index is 11.9. The van der Waals surface area contributed by atoms with Crippen LogP contribution < -0.4 is 0 Å². The molecule has 0 bridgehead atoms. The van der Waals surface area contributed by atoms with Crippen LogP contribution in [0.25, 0.3) is 0 Å². The van der Waals surface area contributed by atoms with E-state index in [1.165, 1.54) is 46.2 Å². The third-order valence-electron chi connectivity index (χ3n) is 5.46. The van der Waals surface area contributed by atoms with Crippen molar-refractivity contribution in [3.05, 3.63) is 58.7 Å². The predicted molar refractivity (Wildman–Crippen MR) is 129 cm³/mol. The molecule has 208 valence electrons. The van der Waals surface area contributed by atoms with Crippen molar-refractivity contribution in [2.75, 3.05) is 25.7 Å². The predicted octanol–water partition coefficient (Wildman–Crippen LogP) is 0.0154. The van der Waals surface area contributed by atoms with E-state index < -0.39 is 53.6 Å². The molecule has 2 aromatic rings. The maximum Gasteiger partial charge on any atom is 2.00 e. The first-order valence-corrected chi connectivity index (χ1v) is 14.3. The molecule has 0 aromatic heterocycles. The number of phenols is 2. The van der Waals surface area contributed by atoms with Gasteiger partial charge in [0.1, 0.15) is 24.1 Å². The maximum atomic E-state index is 11.9. The second kappa shape index (κ2) is 14.7. The SMILES string of the molecule is O=P(O)(O)CN(Cc1cccc(CO)c1O)CC(CO)N(Cc1cccc(CO)c1O)CP(=O)(O)O.[Fe+2]. The Morgan fingerprint density at radius 2 is 1.14 bits per heavy atom. The second-order valence-corrected chi connectivity index (χ2v) is 11.6. The fourth-order valence-electron chi connectivity index (χ4n) is 3.81. The largest absolute Gasteiger partial charge is 2.00 e. The van der Waals surface area contributed by atoms with Gasteiger partial charge in [-0.3, -0.25) is 18.9 Å². The summed E-state index contributed by atoms with van der Waals surface area (Å²) in [5, 5.41) is 49.6. The van der Waals surface area contributed by atoms with Gasteiger partial charge in [0.2, 0.25) is 0 Å². The molecule has 0 radical (unpaired) electrons. The average molecular weight is 606 g/mol. The summed E-state index contributed by atoms with van der Waals surface area (Å²) in [4.78, 5) is 40.8. The Morgan fingerprint density at radius 1 is 0.703 bits per heavy atom. The Labute approximate surface area is 224 Å². The molecule has 0 heterocycles. The van der Waals surface area contributed by atoms with Crippen LogP contribution in [0.1, 0.15) is 22.3 Å². The molecule has 9 N–H and O–H groups in total. The molecule has 0 amide bonds. The van der Waals surface area contributed by atoms with Crippen LogP contribution in [-0.4, -0.2) is 86.7 Å². The van der Waals surface area contributed by atoms with Crippen molar-refractivity contribution >= 4 is 15.2 Å². The summed E-state index contributed by atoms with van der Waals surface area (Å²) in [6, 6.07) is 7.90. The summed E-state index contributed by atoms with van der Waals surface area (Å²) in [5.74, 6) is -0.556. The van der Waals surface area contributed by atoms with Gasteiger partial charge in [-0.2, -0.15) is 0 Å². The number of hydrogen-bond donors (Lipinski definition) is 9. The van der Waals surface area contributed by atoms with Crippen LogP contribution in [-0.2, 0) is 52.5 Å². The number of hydrogen-bond acceptors (Lipinski definition) is 9. The molecule has 0 saturated heterocycles. The van der Waals surface area contributed by atoms with Crippen LogP contribution in [0.2, 0.25) is 0 Å². The van der Waals surface area contributed by atoms with Crippen LogP contribution >= 0.6 is 15.2 Å². The average Bonchev–Trinajstić information content (AvgIpc) is 2.77. The first-order valence-electron chi connectivity index (χ1n) is 10.8. The minimum absolute atomic E-state index is 0. The van der Waals surface area contributed by atoms with Crippen LogP contribution in [0.4, 0.5) is 0 Å². The van der Waals surface area contributed by atoms with E-state index in [4.69, 9.17) is 0 Å². The fourth-order valence-corrected chi connectivity index (χ4v) is 5.35. The van der Waals surface area contributed by atoms with Gasteiger partial charge in [-0.25, -0.2) is 0 Å². The van der Waals surface area contributed by atoms with Gasteiger partial charge >= 0.3 is 32.3 Å². The number of benzene rings is 2. The summed E-state index contributed by atoms with van der Waals surface area (Å²) in [7, 11) is -9.33. The van der Waals surface area contributed by atoms with Gasteiger partial charge in [-0.15, -0.1) is 0 Å². The zero-order valence-corrected chi connectivity index (χ0v) is 22.6. The van der Waals surface area contributed by atoms with Crippen molar-refractivity contribution in [2.24, 2.45) is 0 Å². The number of rotatable bonds is 14. The van der Waals surface area contributed by atoms with E-state index in [1.807, 2.05) is 0 Å².